The lowest BCUT2D eigenvalue weighted by Gasteiger charge is -2.29. The minimum atomic E-state index is -1.61. The lowest BCUT2D eigenvalue weighted by Crippen LogP contribution is -2.53. The number of rotatable bonds is 5. The van der Waals surface area contributed by atoms with Crippen LogP contribution in [0, 0.1) is 28.9 Å². The SMILES string of the molecule is Cc1c(Cl)ccc2c1NC(=O)[C@@]21N[C@H](CCC(N)=O)[C@@H]2C(=O)N(c3ccc(Cl)c([N+](=O)[O-])c3)C(=O)[C@H]21. The largest absolute Gasteiger partial charge is 0.370 e. The fourth-order valence-corrected chi connectivity index (χ4v) is 5.91. The Morgan fingerprint density at radius 3 is 2.53 bits per heavy atom. The highest BCUT2D eigenvalue weighted by Gasteiger charge is 2.70. The van der Waals surface area contributed by atoms with Crippen LogP contribution in [-0.4, -0.2) is 34.6 Å². The second-order valence-electron chi connectivity index (χ2n) is 9.02. The number of nitrogens with two attached hydrogens (primary N) is 1. The molecule has 4 N–H and O–H groups in total. The number of nitrogens with one attached hydrogen (secondary N) is 2. The van der Waals surface area contributed by atoms with Crippen molar-refractivity contribution >= 4 is 63.9 Å². The van der Waals surface area contributed by atoms with Crippen LogP contribution in [0.2, 0.25) is 10.0 Å². The standard InChI is InChI=1S/C23H19Cl2N5O6/c1-9-12(24)5-3-11-19(9)27-22(34)23(11)18-17(14(28-23)6-7-16(26)31)20(32)29(21(18)33)10-2-4-13(25)15(8-10)30(35)36/h2-5,8,14,17-18,28H,6-7H2,1H3,(H2,26,31)(H,27,34)/t14-,17+,18+,23-/m1/s1. The van der Waals surface area contributed by atoms with E-state index >= 15 is 0 Å². The third kappa shape index (κ3) is 3.23. The summed E-state index contributed by atoms with van der Waals surface area (Å²) in [5.41, 5.74) is 4.70. The fourth-order valence-electron chi connectivity index (χ4n) is 5.57. The van der Waals surface area contributed by atoms with Gasteiger partial charge in [0, 0.05) is 29.1 Å². The fraction of sp³-hybridized carbons (Fsp3) is 0.304. The second-order valence-corrected chi connectivity index (χ2v) is 9.84. The maximum atomic E-state index is 13.9. The zero-order valence-electron chi connectivity index (χ0n) is 18.7. The van der Waals surface area contributed by atoms with Crippen molar-refractivity contribution in [1.29, 1.82) is 0 Å². The van der Waals surface area contributed by atoms with E-state index in [1.54, 1.807) is 19.1 Å². The number of nitro benzene ring substituents is 1. The number of nitro groups is 1. The number of benzene rings is 2. The predicted molar refractivity (Wildman–Crippen MR) is 129 cm³/mol. The minimum Gasteiger partial charge on any atom is -0.370 e. The maximum absolute atomic E-state index is 13.9. The average molecular weight is 532 g/mol. The van der Waals surface area contributed by atoms with Crippen molar-refractivity contribution < 1.29 is 24.1 Å². The Kier molecular flexibility index (Phi) is 5.54. The van der Waals surface area contributed by atoms with Gasteiger partial charge in [-0.1, -0.05) is 29.3 Å². The van der Waals surface area contributed by atoms with Gasteiger partial charge in [-0.15, -0.1) is 0 Å². The van der Waals surface area contributed by atoms with Crippen LogP contribution in [0.3, 0.4) is 0 Å². The molecule has 4 atom stereocenters. The molecule has 2 aromatic carbocycles. The molecule has 36 heavy (non-hydrogen) atoms. The molecule has 0 saturated carbocycles. The predicted octanol–water partition coefficient (Wildman–Crippen LogP) is 2.40. The van der Waals surface area contributed by atoms with Gasteiger partial charge in [-0.2, -0.15) is 0 Å². The molecule has 13 heteroatoms. The van der Waals surface area contributed by atoms with Crippen molar-refractivity contribution in [3.8, 4) is 0 Å². The molecule has 2 fully saturated rings. The third-order valence-electron chi connectivity index (χ3n) is 7.17. The summed E-state index contributed by atoms with van der Waals surface area (Å²) < 4.78 is 0. The zero-order valence-corrected chi connectivity index (χ0v) is 20.2. The number of carbonyl (C=O) groups excluding carboxylic acids is 4. The molecule has 0 aromatic heterocycles. The highest BCUT2D eigenvalue weighted by molar-refractivity contribution is 6.33. The molecular formula is C23H19Cl2N5O6. The summed E-state index contributed by atoms with van der Waals surface area (Å²) in [5.74, 6) is -4.70. The third-order valence-corrected chi connectivity index (χ3v) is 7.90. The Morgan fingerprint density at radius 1 is 1.17 bits per heavy atom. The van der Waals surface area contributed by atoms with Gasteiger partial charge in [0.25, 0.3) is 5.69 Å². The van der Waals surface area contributed by atoms with Crippen molar-refractivity contribution in [2.75, 3.05) is 10.2 Å². The van der Waals surface area contributed by atoms with Gasteiger partial charge in [0.1, 0.15) is 10.6 Å². The average Bonchev–Trinajstić information content (AvgIpc) is 3.40. The number of primary amides is 1. The quantitative estimate of drug-likeness (QED) is 0.302. The molecule has 0 aliphatic carbocycles. The summed E-state index contributed by atoms with van der Waals surface area (Å²) in [6.45, 7) is 1.72. The first-order valence-corrected chi connectivity index (χ1v) is 11.7. The van der Waals surface area contributed by atoms with E-state index in [0.717, 1.165) is 11.0 Å². The van der Waals surface area contributed by atoms with Crippen molar-refractivity contribution in [3.63, 3.8) is 0 Å². The Bertz CT molecular complexity index is 1400. The Labute approximate surface area is 214 Å². The highest BCUT2D eigenvalue weighted by atomic mass is 35.5. The first-order valence-electron chi connectivity index (χ1n) is 11.0. The summed E-state index contributed by atoms with van der Waals surface area (Å²) in [5, 5.41) is 17.6. The van der Waals surface area contributed by atoms with Crippen molar-refractivity contribution in [3.05, 3.63) is 61.6 Å². The summed E-state index contributed by atoms with van der Waals surface area (Å²) in [6, 6.07) is 6.08. The molecule has 11 nitrogen and oxygen atoms in total. The molecule has 186 valence electrons. The molecule has 3 heterocycles. The maximum Gasteiger partial charge on any atom is 0.289 e. The van der Waals surface area contributed by atoms with Crippen LogP contribution >= 0.6 is 23.2 Å². The molecule has 3 aliphatic rings. The van der Waals surface area contributed by atoms with E-state index in [0.29, 0.717) is 21.8 Å². The number of fused-ring (bicyclic) bond motifs is 4. The van der Waals surface area contributed by atoms with Crippen LogP contribution in [0.5, 0.6) is 0 Å². The van der Waals surface area contributed by atoms with E-state index < -0.39 is 57.7 Å². The van der Waals surface area contributed by atoms with Crippen LogP contribution in [0.25, 0.3) is 0 Å². The van der Waals surface area contributed by atoms with E-state index in [-0.39, 0.29) is 23.6 Å². The topological polar surface area (TPSA) is 165 Å². The number of imide groups is 1. The summed E-state index contributed by atoms with van der Waals surface area (Å²) >= 11 is 12.2. The number of carbonyl (C=O) groups is 4. The smallest absolute Gasteiger partial charge is 0.289 e. The monoisotopic (exact) mass is 531 g/mol. The lowest BCUT2D eigenvalue weighted by atomic mass is 9.76. The minimum absolute atomic E-state index is 0.0368. The Morgan fingerprint density at radius 2 is 1.86 bits per heavy atom. The Balaban J connectivity index is 1.67. The summed E-state index contributed by atoms with van der Waals surface area (Å²) in [4.78, 5) is 64.2. The first-order chi connectivity index (χ1) is 17.0. The van der Waals surface area contributed by atoms with Crippen LogP contribution in [-0.2, 0) is 24.7 Å². The first kappa shape index (κ1) is 24.2. The molecule has 5 rings (SSSR count). The van der Waals surface area contributed by atoms with Gasteiger partial charge >= 0.3 is 0 Å². The second kappa shape index (κ2) is 8.26. The van der Waals surface area contributed by atoms with Crippen molar-refractivity contribution in [1.82, 2.24) is 5.32 Å². The van der Waals surface area contributed by atoms with Gasteiger partial charge in [-0.3, -0.25) is 34.6 Å². The molecule has 4 amide bonds. The van der Waals surface area contributed by atoms with Crippen molar-refractivity contribution in [2.45, 2.75) is 31.3 Å². The number of hydrogen-bond acceptors (Lipinski definition) is 7. The van der Waals surface area contributed by atoms with Gasteiger partial charge in [0.05, 0.1) is 28.1 Å². The van der Waals surface area contributed by atoms with Gasteiger partial charge in [0.15, 0.2) is 0 Å². The van der Waals surface area contributed by atoms with Gasteiger partial charge in [-0.25, -0.2) is 4.90 Å². The molecule has 0 radical (unpaired) electrons. The molecule has 1 spiro atoms. The zero-order chi connectivity index (χ0) is 26.1. The van der Waals surface area contributed by atoms with Crippen molar-refractivity contribution in [2.24, 2.45) is 17.6 Å². The summed E-state index contributed by atoms with van der Waals surface area (Å²) in [7, 11) is 0. The van der Waals surface area contributed by atoms with E-state index in [1.807, 2.05) is 0 Å². The Hall–Kier alpha value is -3.54. The summed E-state index contributed by atoms with van der Waals surface area (Å²) in [6.07, 6.45) is 0.0139. The number of halogens is 2. The molecular weight excluding hydrogens is 513 g/mol. The molecule has 2 aromatic rings. The van der Waals surface area contributed by atoms with Crippen LogP contribution < -0.4 is 21.3 Å². The normalized spacial score (nSPS) is 26.4. The van der Waals surface area contributed by atoms with Gasteiger partial charge in [-0.05, 0) is 37.1 Å². The number of hydrogen-bond donors (Lipinski definition) is 3. The van der Waals surface area contributed by atoms with Gasteiger partial charge < -0.3 is 11.1 Å². The molecule has 0 unspecified atom stereocenters. The number of nitrogens with zero attached hydrogens (tertiary/aromatic N) is 2. The molecule has 2 saturated heterocycles. The molecule has 3 aliphatic heterocycles. The van der Waals surface area contributed by atoms with E-state index in [9.17, 15) is 29.3 Å². The molecule has 0 bridgehead atoms. The number of amides is 4. The van der Waals surface area contributed by atoms with Gasteiger partial charge in [0.2, 0.25) is 23.6 Å². The van der Waals surface area contributed by atoms with Crippen LogP contribution in [0.4, 0.5) is 17.1 Å². The van der Waals surface area contributed by atoms with E-state index in [2.05, 4.69) is 10.6 Å². The number of anilines is 2. The van der Waals surface area contributed by atoms with E-state index in [4.69, 9.17) is 28.9 Å². The lowest BCUT2D eigenvalue weighted by molar-refractivity contribution is -0.384. The van der Waals surface area contributed by atoms with Crippen LogP contribution in [0.1, 0.15) is 24.0 Å². The highest BCUT2D eigenvalue weighted by Crippen LogP contribution is 2.55. The van der Waals surface area contributed by atoms with Crippen LogP contribution in [0.15, 0.2) is 30.3 Å². The van der Waals surface area contributed by atoms with E-state index in [1.165, 1.54) is 12.1 Å².